The molecule has 5 nitrogen and oxygen atoms in total. The fourth-order valence-corrected chi connectivity index (χ4v) is 4.23. The molecule has 1 aromatic heterocycles. The Hall–Kier alpha value is -1.92. The molecular weight excluding hydrogens is 298 g/mol. The highest BCUT2D eigenvalue weighted by molar-refractivity contribution is 7.17. The molecule has 1 amide bonds. The Bertz CT molecular complexity index is 715. The molecular formula is C16H17N3O2S. The van der Waals surface area contributed by atoms with Crippen LogP contribution >= 0.6 is 11.3 Å². The first-order valence-electron chi connectivity index (χ1n) is 7.48. The van der Waals surface area contributed by atoms with Crippen molar-refractivity contribution in [3.63, 3.8) is 0 Å². The van der Waals surface area contributed by atoms with Gasteiger partial charge in [0.25, 0.3) is 5.91 Å². The highest BCUT2D eigenvalue weighted by Gasteiger charge is 2.40. The van der Waals surface area contributed by atoms with E-state index < -0.39 is 0 Å². The SMILES string of the molecule is O=C(NC1CC2CNC1C2)c1ncc(-c2cccc(O)c2)s1. The summed E-state index contributed by atoms with van der Waals surface area (Å²) in [5.41, 5.74) is 0.873. The summed E-state index contributed by atoms with van der Waals surface area (Å²) in [6.07, 6.45) is 3.92. The molecule has 0 radical (unpaired) electrons. The molecule has 1 saturated carbocycles. The number of rotatable bonds is 3. The number of carbonyl (C=O) groups excluding carboxylic acids is 1. The van der Waals surface area contributed by atoms with Crippen molar-refractivity contribution < 1.29 is 9.90 Å². The van der Waals surface area contributed by atoms with Gasteiger partial charge in [0.05, 0.1) is 4.88 Å². The van der Waals surface area contributed by atoms with Crippen molar-refractivity contribution >= 4 is 17.2 Å². The third-order valence-corrected chi connectivity index (χ3v) is 5.52. The second kappa shape index (κ2) is 5.37. The van der Waals surface area contributed by atoms with Crippen LogP contribution in [0.5, 0.6) is 5.75 Å². The van der Waals surface area contributed by atoms with Gasteiger partial charge in [-0.2, -0.15) is 0 Å². The van der Waals surface area contributed by atoms with Gasteiger partial charge in [0.2, 0.25) is 0 Å². The number of nitrogens with one attached hydrogen (secondary N) is 2. The zero-order chi connectivity index (χ0) is 15.1. The number of piperidine rings is 1. The number of hydrogen-bond donors (Lipinski definition) is 3. The Morgan fingerprint density at radius 1 is 1.41 bits per heavy atom. The molecule has 3 unspecified atom stereocenters. The van der Waals surface area contributed by atoms with E-state index in [0.29, 0.717) is 17.0 Å². The number of benzene rings is 1. The Labute approximate surface area is 132 Å². The topological polar surface area (TPSA) is 74.2 Å². The number of aromatic hydroxyl groups is 1. The van der Waals surface area contributed by atoms with Gasteiger partial charge in [-0.3, -0.25) is 4.79 Å². The molecule has 1 saturated heterocycles. The molecule has 114 valence electrons. The number of aromatic nitrogens is 1. The first-order valence-corrected chi connectivity index (χ1v) is 8.30. The molecule has 22 heavy (non-hydrogen) atoms. The molecule has 0 spiro atoms. The van der Waals surface area contributed by atoms with Gasteiger partial charge < -0.3 is 15.7 Å². The van der Waals surface area contributed by atoms with Crippen LogP contribution in [0.15, 0.2) is 30.5 Å². The van der Waals surface area contributed by atoms with Gasteiger partial charge in [-0.25, -0.2) is 4.98 Å². The number of hydrogen-bond acceptors (Lipinski definition) is 5. The summed E-state index contributed by atoms with van der Waals surface area (Å²) >= 11 is 1.35. The molecule has 6 heteroatoms. The summed E-state index contributed by atoms with van der Waals surface area (Å²) in [4.78, 5) is 17.5. The average molecular weight is 315 g/mol. The number of thiazole rings is 1. The molecule has 1 aliphatic heterocycles. The average Bonchev–Trinajstić information content (AvgIpc) is 3.23. The van der Waals surface area contributed by atoms with E-state index in [1.165, 1.54) is 11.3 Å². The Morgan fingerprint density at radius 3 is 3.05 bits per heavy atom. The molecule has 2 aliphatic rings. The van der Waals surface area contributed by atoms with Crippen molar-refractivity contribution in [2.45, 2.75) is 24.9 Å². The van der Waals surface area contributed by atoms with Crippen LogP contribution < -0.4 is 10.6 Å². The van der Waals surface area contributed by atoms with Crippen LogP contribution in [-0.4, -0.2) is 34.6 Å². The van der Waals surface area contributed by atoms with Crippen LogP contribution in [0.2, 0.25) is 0 Å². The van der Waals surface area contributed by atoms with Gasteiger partial charge in [-0.05, 0) is 43.0 Å². The summed E-state index contributed by atoms with van der Waals surface area (Å²) in [6, 6.07) is 7.62. The van der Waals surface area contributed by atoms with Crippen LogP contribution in [0.25, 0.3) is 10.4 Å². The van der Waals surface area contributed by atoms with Crippen LogP contribution in [0, 0.1) is 5.92 Å². The molecule has 2 fully saturated rings. The largest absolute Gasteiger partial charge is 0.508 e. The second-order valence-corrected chi connectivity index (χ2v) is 7.04. The summed E-state index contributed by atoms with van der Waals surface area (Å²) in [6.45, 7) is 1.08. The van der Waals surface area contributed by atoms with Gasteiger partial charge in [0.1, 0.15) is 5.75 Å². The minimum Gasteiger partial charge on any atom is -0.508 e. The van der Waals surface area contributed by atoms with E-state index in [-0.39, 0.29) is 17.7 Å². The maximum Gasteiger partial charge on any atom is 0.280 e. The smallest absolute Gasteiger partial charge is 0.280 e. The van der Waals surface area contributed by atoms with Gasteiger partial charge in [-0.1, -0.05) is 12.1 Å². The molecule has 4 rings (SSSR count). The van der Waals surface area contributed by atoms with Crippen LogP contribution in [0.1, 0.15) is 22.6 Å². The minimum atomic E-state index is -0.101. The highest BCUT2D eigenvalue weighted by Crippen LogP contribution is 2.32. The fourth-order valence-electron chi connectivity index (χ4n) is 3.41. The predicted octanol–water partition coefficient (Wildman–Crippen LogP) is 2.00. The standard InChI is InChI=1S/C16H17N3O2S/c20-11-3-1-2-10(6-11)14-8-18-16(22-14)15(21)19-13-5-9-4-12(13)17-7-9/h1-3,6,8-9,12-13,17,20H,4-5,7H2,(H,19,21). The third-order valence-electron chi connectivity index (χ3n) is 4.48. The number of phenols is 1. The van der Waals surface area contributed by atoms with Crippen molar-refractivity contribution in [1.29, 1.82) is 0 Å². The minimum absolute atomic E-state index is 0.101. The lowest BCUT2D eigenvalue weighted by molar-refractivity contribution is 0.0928. The summed E-state index contributed by atoms with van der Waals surface area (Å²) in [5, 5.41) is 16.6. The van der Waals surface area contributed by atoms with Crippen LogP contribution in [-0.2, 0) is 0 Å². The Balaban J connectivity index is 1.48. The molecule has 2 bridgehead atoms. The number of carbonyl (C=O) groups is 1. The van der Waals surface area contributed by atoms with Gasteiger partial charge >= 0.3 is 0 Å². The maximum absolute atomic E-state index is 12.3. The van der Waals surface area contributed by atoms with E-state index in [4.69, 9.17) is 0 Å². The fraction of sp³-hybridized carbons (Fsp3) is 0.375. The Morgan fingerprint density at radius 2 is 2.32 bits per heavy atom. The zero-order valence-electron chi connectivity index (χ0n) is 12.0. The van der Waals surface area contributed by atoms with Gasteiger partial charge in [0, 0.05) is 18.3 Å². The van der Waals surface area contributed by atoms with E-state index >= 15 is 0 Å². The van der Waals surface area contributed by atoms with E-state index in [2.05, 4.69) is 15.6 Å². The molecule has 3 N–H and O–H groups in total. The number of phenolic OH excluding ortho intramolecular Hbond substituents is 1. The monoisotopic (exact) mass is 315 g/mol. The quantitative estimate of drug-likeness (QED) is 0.810. The molecule has 3 atom stereocenters. The highest BCUT2D eigenvalue weighted by atomic mass is 32.1. The summed E-state index contributed by atoms with van der Waals surface area (Å²) < 4.78 is 0. The molecule has 2 aromatic rings. The maximum atomic E-state index is 12.3. The molecule has 1 aromatic carbocycles. The second-order valence-electron chi connectivity index (χ2n) is 6.01. The van der Waals surface area contributed by atoms with Gasteiger partial charge in [0.15, 0.2) is 5.01 Å². The number of nitrogens with zero attached hydrogens (tertiary/aromatic N) is 1. The van der Waals surface area contributed by atoms with Crippen molar-refractivity contribution in [2.24, 2.45) is 5.92 Å². The van der Waals surface area contributed by atoms with Crippen LogP contribution in [0.4, 0.5) is 0 Å². The van der Waals surface area contributed by atoms with Crippen molar-refractivity contribution in [3.05, 3.63) is 35.5 Å². The molecule has 1 aliphatic carbocycles. The van der Waals surface area contributed by atoms with Crippen molar-refractivity contribution in [3.8, 4) is 16.2 Å². The lowest BCUT2D eigenvalue weighted by Crippen LogP contribution is -2.47. The number of fused-ring (bicyclic) bond motifs is 2. The van der Waals surface area contributed by atoms with Crippen LogP contribution in [0.3, 0.4) is 0 Å². The summed E-state index contributed by atoms with van der Waals surface area (Å²) in [5.74, 6) is 0.815. The first-order chi connectivity index (χ1) is 10.7. The van der Waals surface area contributed by atoms with E-state index in [0.717, 1.165) is 29.8 Å². The zero-order valence-corrected chi connectivity index (χ0v) is 12.8. The van der Waals surface area contributed by atoms with E-state index in [1.807, 2.05) is 6.07 Å². The molecule has 2 heterocycles. The van der Waals surface area contributed by atoms with Gasteiger partial charge in [-0.15, -0.1) is 11.3 Å². The Kier molecular flexibility index (Phi) is 3.35. The lowest BCUT2D eigenvalue weighted by Gasteiger charge is -2.23. The summed E-state index contributed by atoms with van der Waals surface area (Å²) in [7, 11) is 0. The normalized spacial score (nSPS) is 26.3. The van der Waals surface area contributed by atoms with E-state index in [1.54, 1.807) is 24.4 Å². The van der Waals surface area contributed by atoms with Crippen molar-refractivity contribution in [2.75, 3.05) is 6.54 Å². The van der Waals surface area contributed by atoms with Crippen molar-refractivity contribution in [1.82, 2.24) is 15.6 Å². The number of amides is 1. The lowest BCUT2D eigenvalue weighted by atomic mass is 10.1. The third kappa shape index (κ3) is 2.48. The predicted molar refractivity (Wildman–Crippen MR) is 85.0 cm³/mol. The first kappa shape index (κ1) is 13.7. The van der Waals surface area contributed by atoms with E-state index in [9.17, 15) is 9.90 Å².